The smallest absolute Gasteiger partial charge is 0.328 e. The molecule has 0 saturated heterocycles. The number of carbonyl (C=O) groups is 4. The number of methoxy groups -OCH3 is 1. The molecule has 2 amide bonds. The number of aliphatic carboxylic acids is 1. The van der Waals surface area contributed by atoms with E-state index in [1.807, 2.05) is 6.07 Å². The molecule has 2 atom stereocenters. The van der Waals surface area contributed by atoms with Crippen molar-refractivity contribution in [3.8, 4) is 0 Å². The monoisotopic (exact) mass is 358 g/mol. The van der Waals surface area contributed by atoms with Gasteiger partial charge in [0.15, 0.2) is 0 Å². The van der Waals surface area contributed by atoms with Crippen LogP contribution in [-0.4, -0.2) is 48.6 Å². The molecule has 0 heterocycles. The van der Waals surface area contributed by atoms with Crippen molar-refractivity contribution in [2.75, 3.05) is 7.11 Å². The number of rotatable bonds is 9. The molecule has 3 N–H and O–H groups in total. The lowest BCUT2D eigenvalue weighted by Crippen LogP contribution is -2.51. The Labute approximate surface area is 145 Å². The molecule has 0 fully saturated rings. The predicted molar refractivity (Wildman–Crippen MR) is 86.6 cm³/mol. The third kappa shape index (κ3) is 7.10. The van der Waals surface area contributed by atoms with E-state index in [1.165, 1.54) is 7.11 Å². The average Bonchev–Trinajstić information content (AvgIpc) is 2.53. The van der Waals surface area contributed by atoms with Gasteiger partial charge in [-0.05, 0) is 5.56 Å². The van der Waals surface area contributed by atoms with Crippen molar-refractivity contribution >= 4 is 36.7 Å². The summed E-state index contributed by atoms with van der Waals surface area (Å²) in [7, 11) is 1.19. The lowest BCUT2D eigenvalue weighted by atomic mass is 10.1. The number of carboxylic acid groups (broad SMARTS) is 1. The topological polar surface area (TPSA) is 122 Å². The molecule has 9 heteroatoms. The minimum absolute atomic E-state index is 0. The lowest BCUT2D eigenvalue weighted by molar-refractivity contribution is -0.145. The Morgan fingerprint density at radius 2 is 1.83 bits per heavy atom. The van der Waals surface area contributed by atoms with Gasteiger partial charge in [0.25, 0.3) is 0 Å². The van der Waals surface area contributed by atoms with E-state index in [9.17, 15) is 19.2 Å². The van der Waals surface area contributed by atoms with E-state index in [4.69, 9.17) is 5.11 Å². The highest BCUT2D eigenvalue weighted by molar-refractivity contribution is 5.91. The van der Waals surface area contributed by atoms with E-state index in [0.717, 1.165) is 5.56 Å². The zero-order valence-electron chi connectivity index (χ0n) is 12.9. The van der Waals surface area contributed by atoms with Gasteiger partial charge in [-0.15, -0.1) is 12.4 Å². The van der Waals surface area contributed by atoms with Gasteiger partial charge in [0.1, 0.15) is 12.1 Å². The van der Waals surface area contributed by atoms with Crippen molar-refractivity contribution in [2.24, 2.45) is 0 Å². The van der Waals surface area contributed by atoms with Crippen LogP contribution in [0.5, 0.6) is 0 Å². The number of carboxylic acids is 1. The molecule has 0 aliphatic carbocycles. The van der Waals surface area contributed by atoms with Crippen LogP contribution in [0.25, 0.3) is 0 Å². The van der Waals surface area contributed by atoms with Gasteiger partial charge in [-0.1, -0.05) is 30.3 Å². The van der Waals surface area contributed by atoms with E-state index >= 15 is 0 Å². The molecule has 24 heavy (non-hydrogen) atoms. The van der Waals surface area contributed by atoms with Gasteiger partial charge in [-0.3, -0.25) is 14.4 Å². The van der Waals surface area contributed by atoms with Gasteiger partial charge in [-0.2, -0.15) is 0 Å². The van der Waals surface area contributed by atoms with E-state index in [-0.39, 0.29) is 25.2 Å². The second-order valence-electron chi connectivity index (χ2n) is 4.71. The predicted octanol–water partition coefficient (Wildman–Crippen LogP) is -0.102. The second-order valence-corrected chi connectivity index (χ2v) is 4.71. The van der Waals surface area contributed by atoms with Gasteiger partial charge < -0.3 is 20.5 Å². The Morgan fingerprint density at radius 3 is 2.33 bits per heavy atom. The fraction of sp³-hybridized carbons (Fsp3) is 0.333. The minimum atomic E-state index is -1.27. The summed E-state index contributed by atoms with van der Waals surface area (Å²) < 4.78 is 4.65. The Hall–Kier alpha value is -2.61. The Bertz CT molecular complexity index is 566. The van der Waals surface area contributed by atoms with Gasteiger partial charge in [0, 0.05) is 6.42 Å². The van der Waals surface area contributed by atoms with Gasteiger partial charge in [0.2, 0.25) is 12.3 Å². The molecular formula is C15H19ClN2O6. The summed E-state index contributed by atoms with van der Waals surface area (Å²) in [6, 6.07) is 6.68. The second kappa shape index (κ2) is 11.0. The Kier molecular flexibility index (Phi) is 9.81. The van der Waals surface area contributed by atoms with Crippen molar-refractivity contribution in [3.63, 3.8) is 0 Å². The SMILES string of the molecule is COC(=O)[C@H](Cc1ccccc1)NC(=O)[C@H](CC(=O)O)NC=O.Cl. The van der Waals surface area contributed by atoms with Crippen LogP contribution in [0.4, 0.5) is 0 Å². The van der Waals surface area contributed by atoms with Crippen LogP contribution in [-0.2, 0) is 30.3 Å². The highest BCUT2D eigenvalue weighted by atomic mass is 35.5. The minimum Gasteiger partial charge on any atom is -0.481 e. The normalized spacial score (nSPS) is 12.0. The highest BCUT2D eigenvalue weighted by Gasteiger charge is 2.27. The van der Waals surface area contributed by atoms with Crippen LogP contribution < -0.4 is 10.6 Å². The fourth-order valence-electron chi connectivity index (χ4n) is 1.94. The van der Waals surface area contributed by atoms with Crippen molar-refractivity contribution < 1.29 is 29.0 Å². The molecule has 1 aromatic rings. The van der Waals surface area contributed by atoms with E-state index in [1.54, 1.807) is 24.3 Å². The van der Waals surface area contributed by atoms with Crippen LogP contribution in [0.1, 0.15) is 12.0 Å². The number of amides is 2. The molecule has 8 nitrogen and oxygen atoms in total. The quantitative estimate of drug-likeness (QED) is 0.418. The summed E-state index contributed by atoms with van der Waals surface area (Å²) in [6.07, 6.45) is -0.179. The summed E-state index contributed by atoms with van der Waals surface area (Å²) in [4.78, 5) is 45.1. The first-order chi connectivity index (χ1) is 11.0. The van der Waals surface area contributed by atoms with Gasteiger partial charge in [0.05, 0.1) is 13.5 Å². The molecule has 132 valence electrons. The number of halogens is 1. The van der Waals surface area contributed by atoms with Gasteiger partial charge in [-0.25, -0.2) is 4.79 Å². The third-order valence-electron chi connectivity index (χ3n) is 3.05. The highest BCUT2D eigenvalue weighted by Crippen LogP contribution is 2.05. The summed E-state index contributed by atoms with van der Waals surface area (Å²) >= 11 is 0. The molecule has 1 rings (SSSR count). The number of carbonyl (C=O) groups excluding carboxylic acids is 3. The molecular weight excluding hydrogens is 340 g/mol. The first kappa shape index (κ1) is 21.4. The zero-order valence-corrected chi connectivity index (χ0v) is 13.7. The van der Waals surface area contributed by atoms with Crippen molar-refractivity contribution in [2.45, 2.75) is 24.9 Å². The van der Waals surface area contributed by atoms with Crippen LogP contribution >= 0.6 is 12.4 Å². The molecule has 0 aromatic heterocycles. The number of hydrogen-bond donors (Lipinski definition) is 3. The maximum atomic E-state index is 12.1. The summed E-state index contributed by atoms with van der Waals surface area (Å²) in [5.74, 6) is -2.69. The van der Waals surface area contributed by atoms with Gasteiger partial charge >= 0.3 is 11.9 Å². The maximum absolute atomic E-state index is 12.1. The molecule has 0 saturated carbocycles. The number of nitrogens with one attached hydrogen (secondary N) is 2. The molecule has 0 bridgehead atoms. The van der Waals surface area contributed by atoms with E-state index in [0.29, 0.717) is 0 Å². The van der Waals surface area contributed by atoms with Crippen LogP contribution in [0.15, 0.2) is 30.3 Å². The molecule has 0 aliphatic rings. The summed E-state index contributed by atoms with van der Waals surface area (Å²) in [6.45, 7) is 0. The largest absolute Gasteiger partial charge is 0.481 e. The lowest BCUT2D eigenvalue weighted by Gasteiger charge is -2.20. The average molecular weight is 359 g/mol. The number of benzene rings is 1. The maximum Gasteiger partial charge on any atom is 0.328 e. The molecule has 0 unspecified atom stereocenters. The molecule has 0 radical (unpaired) electrons. The Balaban J connectivity index is 0.00000529. The molecule has 0 aliphatic heterocycles. The number of esters is 1. The van der Waals surface area contributed by atoms with E-state index < -0.39 is 36.4 Å². The standard InChI is InChI=1S/C15H18N2O6.ClH/c1-23-15(22)12(7-10-5-3-2-4-6-10)17-14(21)11(16-9-18)8-13(19)20;/h2-6,9,11-12H,7-8H2,1H3,(H,16,18)(H,17,21)(H,19,20);1H/t11-,12-;/m0./s1. The number of ether oxygens (including phenoxy) is 1. The zero-order chi connectivity index (χ0) is 17.2. The van der Waals surface area contributed by atoms with Crippen molar-refractivity contribution in [3.05, 3.63) is 35.9 Å². The van der Waals surface area contributed by atoms with Crippen molar-refractivity contribution in [1.82, 2.24) is 10.6 Å². The summed E-state index contributed by atoms with van der Waals surface area (Å²) in [5, 5.41) is 13.3. The Morgan fingerprint density at radius 1 is 1.21 bits per heavy atom. The van der Waals surface area contributed by atoms with Crippen LogP contribution in [0.2, 0.25) is 0 Å². The fourth-order valence-corrected chi connectivity index (χ4v) is 1.94. The summed E-state index contributed by atoms with van der Waals surface area (Å²) in [5.41, 5.74) is 0.793. The van der Waals surface area contributed by atoms with Crippen LogP contribution in [0.3, 0.4) is 0 Å². The van der Waals surface area contributed by atoms with E-state index in [2.05, 4.69) is 15.4 Å². The van der Waals surface area contributed by atoms with Crippen LogP contribution in [0, 0.1) is 0 Å². The molecule has 0 spiro atoms. The number of hydrogen-bond acceptors (Lipinski definition) is 5. The first-order valence-electron chi connectivity index (χ1n) is 6.81. The molecule has 1 aromatic carbocycles. The first-order valence-corrected chi connectivity index (χ1v) is 6.81. The van der Waals surface area contributed by atoms with Crippen molar-refractivity contribution in [1.29, 1.82) is 0 Å². The third-order valence-corrected chi connectivity index (χ3v) is 3.05.